The Morgan fingerprint density at radius 1 is 1.25 bits per heavy atom. The molecule has 0 fully saturated rings. The second-order valence-corrected chi connectivity index (χ2v) is 5.72. The van der Waals surface area contributed by atoms with E-state index in [0.717, 1.165) is 41.2 Å². The number of hydrogen-bond acceptors (Lipinski definition) is 4. The van der Waals surface area contributed by atoms with E-state index in [9.17, 15) is 0 Å². The minimum atomic E-state index is -0.0657. The predicted molar refractivity (Wildman–Crippen MR) is 78.1 cm³/mol. The summed E-state index contributed by atoms with van der Waals surface area (Å²) in [5.74, 6) is 2.92. The molecular formula is C15H21N3O2. The van der Waals surface area contributed by atoms with Gasteiger partial charge in [0.05, 0.1) is 30.3 Å². The number of aromatic nitrogens is 2. The first-order valence-corrected chi connectivity index (χ1v) is 7.18. The molecule has 0 saturated heterocycles. The van der Waals surface area contributed by atoms with E-state index in [1.54, 1.807) is 0 Å². The van der Waals surface area contributed by atoms with Crippen molar-refractivity contribution in [2.45, 2.75) is 32.7 Å². The molecule has 108 valence electrons. The van der Waals surface area contributed by atoms with Gasteiger partial charge in [-0.05, 0) is 12.3 Å². The molecule has 0 spiro atoms. The average molecular weight is 275 g/mol. The van der Waals surface area contributed by atoms with Gasteiger partial charge in [0.15, 0.2) is 11.5 Å². The van der Waals surface area contributed by atoms with Crippen LogP contribution >= 0.6 is 0 Å². The summed E-state index contributed by atoms with van der Waals surface area (Å²) in [5, 5.41) is 0. The molecule has 2 aromatic rings. The molecule has 1 aliphatic rings. The molecular weight excluding hydrogens is 254 g/mol. The molecule has 2 heterocycles. The zero-order valence-electron chi connectivity index (χ0n) is 12.0. The van der Waals surface area contributed by atoms with Crippen LogP contribution in [-0.4, -0.2) is 23.2 Å². The fourth-order valence-corrected chi connectivity index (χ4v) is 2.48. The molecule has 0 amide bonds. The number of nitrogens with two attached hydrogens (primary N) is 1. The van der Waals surface area contributed by atoms with Crippen LogP contribution in [0.1, 0.15) is 38.6 Å². The Labute approximate surface area is 118 Å². The first-order valence-electron chi connectivity index (χ1n) is 7.18. The summed E-state index contributed by atoms with van der Waals surface area (Å²) in [4.78, 5) is 7.89. The van der Waals surface area contributed by atoms with Crippen LogP contribution in [0.2, 0.25) is 0 Å². The van der Waals surface area contributed by atoms with Crippen LogP contribution < -0.4 is 15.2 Å². The highest BCUT2D eigenvalue weighted by molar-refractivity contribution is 5.80. The summed E-state index contributed by atoms with van der Waals surface area (Å²) in [6.07, 6.45) is 1.81. The predicted octanol–water partition coefficient (Wildman–Crippen LogP) is 2.77. The zero-order valence-corrected chi connectivity index (χ0v) is 12.0. The summed E-state index contributed by atoms with van der Waals surface area (Å²) in [5.41, 5.74) is 8.01. The van der Waals surface area contributed by atoms with Crippen LogP contribution in [0.5, 0.6) is 11.5 Å². The van der Waals surface area contributed by atoms with E-state index < -0.39 is 0 Å². The lowest BCUT2D eigenvalue weighted by Crippen LogP contribution is -2.14. The van der Waals surface area contributed by atoms with Gasteiger partial charge in [-0.2, -0.15) is 0 Å². The van der Waals surface area contributed by atoms with Crippen molar-refractivity contribution in [3.05, 3.63) is 18.0 Å². The number of ether oxygens (including phenoxy) is 2. The lowest BCUT2D eigenvalue weighted by molar-refractivity contribution is 0.297. The second kappa shape index (κ2) is 5.32. The van der Waals surface area contributed by atoms with Crippen molar-refractivity contribution in [2.75, 3.05) is 13.2 Å². The normalized spacial score (nSPS) is 16.4. The van der Waals surface area contributed by atoms with Crippen molar-refractivity contribution in [3.8, 4) is 11.5 Å². The lowest BCUT2D eigenvalue weighted by Gasteiger charge is -2.10. The van der Waals surface area contributed by atoms with Crippen LogP contribution in [0.25, 0.3) is 11.0 Å². The maximum atomic E-state index is 6.18. The number of aromatic amines is 1. The molecule has 5 heteroatoms. The third-order valence-electron chi connectivity index (χ3n) is 3.45. The number of nitrogens with zero attached hydrogens (tertiary/aromatic N) is 1. The van der Waals surface area contributed by atoms with Crippen molar-refractivity contribution < 1.29 is 9.47 Å². The zero-order chi connectivity index (χ0) is 14.1. The topological polar surface area (TPSA) is 73.2 Å². The van der Waals surface area contributed by atoms with Crippen molar-refractivity contribution in [2.24, 2.45) is 11.7 Å². The van der Waals surface area contributed by atoms with Crippen LogP contribution in [0.3, 0.4) is 0 Å². The van der Waals surface area contributed by atoms with Gasteiger partial charge >= 0.3 is 0 Å². The van der Waals surface area contributed by atoms with Gasteiger partial charge in [-0.15, -0.1) is 0 Å². The Hall–Kier alpha value is -1.75. The number of H-pyrrole nitrogens is 1. The minimum Gasteiger partial charge on any atom is -0.489 e. The molecule has 0 aliphatic carbocycles. The molecule has 0 saturated carbocycles. The van der Waals surface area contributed by atoms with E-state index in [1.165, 1.54) is 0 Å². The Bertz CT molecular complexity index is 563. The van der Waals surface area contributed by atoms with E-state index in [0.29, 0.717) is 19.1 Å². The Kier molecular flexibility index (Phi) is 3.53. The molecule has 1 unspecified atom stereocenters. The Balaban J connectivity index is 1.95. The molecule has 1 aromatic heterocycles. The quantitative estimate of drug-likeness (QED) is 0.903. The van der Waals surface area contributed by atoms with Gasteiger partial charge in [0.1, 0.15) is 5.82 Å². The lowest BCUT2D eigenvalue weighted by atomic mass is 10.0. The van der Waals surface area contributed by atoms with Crippen molar-refractivity contribution in [1.29, 1.82) is 0 Å². The first-order chi connectivity index (χ1) is 9.63. The van der Waals surface area contributed by atoms with Gasteiger partial charge in [0, 0.05) is 18.6 Å². The molecule has 5 nitrogen and oxygen atoms in total. The fourth-order valence-electron chi connectivity index (χ4n) is 2.48. The summed E-state index contributed by atoms with van der Waals surface area (Å²) in [6.45, 7) is 5.69. The van der Waals surface area contributed by atoms with Crippen LogP contribution in [0.15, 0.2) is 12.1 Å². The van der Waals surface area contributed by atoms with E-state index in [4.69, 9.17) is 15.2 Å². The van der Waals surface area contributed by atoms with Crippen LogP contribution in [0, 0.1) is 5.92 Å². The smallest absolute Gasteiger partial charge is 0.163 e. The molecule has 20 heavy (non-hydrogen) atoms. The van der Waals surface area contributed by atoms with Crippen LogP contribution in [0.4, 0.5) is 0 Å². The van der Waals surface area contributed by atoms with Crippen molar-refractivity contribution in [3.63, 3.8) is 0 Å². The molecule has 0 radical (unpaired) electrons. The summed E-state index contributed by atoms with van der Waals surface area (Å²) in [7, 11) is 0. The first kappa shape index (κ1) is 13.2. The van der Waals surface area contributed by atoms with E-state index >= 15 is 0 Å². The number of rotatable bonds is 3. The third-order valence-corrected chi connectivity index (χ3v) is 3.45. The standard InChI is InChI=1S/C15H21N3O2/c1-9(2)6-10(16)15-17-11-7-13-14(8-12(11)18-15)20-5-3-4-19-13/h7-10H,3-6,16H2,1-2H3,(H,17,18). The van der Waals surface area contributed by atoms with Gasteiger partial charge in [-0.25, -0.2) is 4.98 Å². The highest BCUT2D eigenvalue weighted by Gasteiger charge is 2.17. The maximum absolute atomic E-state index is 6.18. The summed E-state index contributed by atoms with van der Waals surface area (Å²) >= 11 is 0. The van der Waals surface area contributed by atoms with Gasteiger partial charge < -0.3 is 20.2 Å². The fraction of sp³-hybridized carbons (Fsp3) is 0.533. The largest absolute Gasteiger partial charge is 0.489 e. The van der Waals surface area contributed by atoms with Gasteiger partial charge in [0.25, 0.3) is 0 Å². The van der Waals surface area contributed by atoms with Gasteiger partial charge in [0.2, 0.25) is 0 Å². The molecule has 1 atom stereocenters. The van der Waals surface area contributed by atoms with E-state index in [2.05, 4.69) is 23.8 Å². The highest BCUT2D eigenvalue weighted by Crippen LogP contribution is 2.34. The summed E-state index contributed by atoms with van der Waals surface area (Å²) in [6, 6.07) is 3.82. The minimum absolute atomic E-state index is 0.0657. The summed E-state index contributed by atoms with van der Waals surface area (Å²) < 4.78 is 11.4. The molecule has 3 N–H and O–H groups in total. The number of fused-ring (bicyclic) bond motifs is 2. The van der Waals surface area contributed by atoms with Crippen molar-refractivity contribution in [1.82, 2.24) is 9.97 Å². The monoisotopic (exact) mass is 275 g/mol. The van der Waals surface area contributed by atoms with Crippen LogP contribution in [-0.2, 0) is 0 Å². The third kappa shape index (κ3) is 2.58. The number of nitrogens with one attached hydrogen (secondary N) is 1. The molecule has 1 aromatic carbocycles. The van der Waals surface area contributed by atoms with E-state index in [-0.39, 0.29) is 6.04 Å². The molecule has 1 aliphatic heterocycles. The van der Waals surface area contributed by atoms with E-state index in [1.807, 2.05) is 12.1 Å². The molecule has 3 rings (SSSR count). The Morgan fingerprint density at radius 3 is 2.65 bits per heavy atom. The van der Waals surface area contributed by atoms with Crippen molar-refractivity contribution >= 4 is 11.0 Å². The maximum Gasteiger partial charge on any atom is 0.163 e. The molecule has 0 bridgehead atoms. The number of benzene rings is 1. The number of hydrogen-bond donors (Lipinski definition) is 2. The van der Waals surface area contributed by atoms with Gasteiger partial charge in [-0.1, -0.05) is 13.8 Å². The SMILES string of the molecule is CC(C)CC(N)c1nc2cc3c(cc2[nH]1)OCCCO3. The average Bonchev–Trinajstić information content (AvgIpc) is 2.66. The second-order valence-electron chi connectivity index (χ2n) is 5.72. The van der Waals surface area contributed by atoms with Gasteiger partial charge in [-0.3, -0.25) is 0 Å². The number of imidazole rings is 1. The Morgan fingerprint density at radius 2 is 1.95 bits per heavy atom. The highest BCUT2D eigenvalue weighted by atomic mass is 16.5.